The van der Waals surface area contributed by atoms with Crippen LogP contribution < -0.4 is 0 Å². The van der Waals surface area contributed by atoms with E-state index < -0.39 is 0 Å². The van der Waals surface area contributed by atoms with E-state index in [1.54, 1.807) is 0 Å². The molecule has 0 amide bonds. The fourth-order valence-corrected chi connectivity index (χ4v) is 9.96. The van der Waals surface area contributed by atoms with Crippen molar-refractivity contribution < 1.29 is 0 Å². The maximum absolute atomic E-state index is 2.47. The summed E-state index contributed by atoms with van der Waals surface area (Å²) in [6.45, 7) is 0. The van der Waals surface area contributed by atoms with Crippen molar-refractivity contribution >= 4 is 65.2 Å². The molecule has 11 aromatic rings. The second-order valence-corrected chi connectivity index (χ2v) is 14.4. The molecule has 0 unspecified atom stereocenters. The van der Waals surface area contributed by atoms with Gasteiger partial charge in [0.1, 0.15) is 0 Å². The molecule has 0 atom stereocenters. The molecule has 2 aromatic heterocycles. The average molecular weight is 657 g/mol. The van der Waals surface area contributed by atoms with Crippen LogP contribution in [-0.2, 0) is 0 Å². The molecule has 2 heterocycles. The van der Waals surface area contributed by atoms with Gasteiger partial charge in [-0.2, -0.15) is 0 Å². The fraction of sp³-hybridized carbons (Fsp3) is 0. The lowest BCUT2D eigenvalue weighted by atomic mass is 9.98. The van der Waals surface area contributed by atoms with Gasteiger partial charge in [-0.1, -0.05) is 121 Å². The van der Waals surface area contributed by atoms with Crippen LogP contribution in [-0.4, -0.2) is 9.13 Å². The Morgan fingerprint density at radius 1 is 0.231 bits per heavy atom. The first kappa shape index (κ1) is 26.9. The molecule has 238 valence electrons. The minimum atomic E-state index is 1.16. The second-order valence-electron chi connectivity index (χ2n) is 14.4. The Bertz CT molecular complexity index is 3160. The van der Waals surface area contributed by atoms with Gasteiger partial charge >= 0.3 is 0 Å². The summed E-state index contributed by atoms with van der Waals surface area (Å²) in [6, 6.07) is 63.3. The van der Waals surface area contributed by atoms with Crippen LogP contribution in [0.15, 0.2) is 170 Å². The number of aromatic nitrogens is 2. The molecule has 0 radical (unpaired) electrons. The highest BCUT2D eigenvalue weighted by atomic mass is 15.0. The summed E-state index contributed by atoms with van der Waals surface area (Å²) in [7, 11) is 0. The van der Waals surface area contributed by atoms with Crippen molar-refractivity contribution in [3.05, 3.63) is 170 Å². The Morgan fingerprint density at radius 3 is 1.02 bits per heavy atom. The molecular weight excluding hydrogens is 629 g/mol. The van der Waals surface area contributed by atoms with Gasteiger partial charge in [0.05, 0.1) is 22.1 Å². The van der Waals surface area contributed by atoms with Crippen LogP contribution in [0.1, 0.15) is 0 Å². The smallest absolute Gasteiger partial charge is 0.0553 e. The molecule has 2 aliphatic carbocycles. The van der Waals surface area contributed by atoms with Gasteiger partial charge in [-0.05, 0) is 115 Å². The summed E-state index contributed by atoms with van der Waals surface area (Å²) in [4.78, 5) is 0. The Morgan fingerprint density at radius 2 is 0.577 bits per heavy atom. The Kier molecular flexibility index (Phi) is 4.89. The average Bonchev–Trinajstić information content (AvgIpc) is 3.92. The number of para-hydroxylation sites is 2. The molecule has 2 aliphatic rings. The molecule has 9 aromatic carbocycles. The van der Waals surface area contributed by atoms with Crippen LogP contribution >= 0.6 is 0 Å². The molecule has 0 N–H and O–H groups in total. The normalized spacial score (nSPS) is 12.6. The Labute approximate surface area is 299 Å². The molecule has 0 bridgehead atoms. The molecule has 2 heteroatoms. The molecular formula is C50H28N2. The van der Waals surface area contributed by atoms with E-state index >= 15 is 0 Å². The summed E-state index contributed by atoms with van der Waals surface area (Å²) < 4.78 is 4.94. The number of rotatable bonds is 2. The minimum Gasteiger partial charge on any atom is -0.309 e. The van der Waals surface area contributed by atoms with E-state index in [4.69, 9.17) is 0 Å². The monoisotopic (exact) mass is 656 g/mol. The van der Waals surface area contributed by atoms with Crippen LogP contribution in [0.5, 0.6) is 0 Å². The topological polar surface area (TPSA) is 9.86 Å². The first-order valence-corrected chi connectivity index (χ1v) is 18.1. The zero-order chi connectivity index (χ0) is 33.7. The van der Waals surface area contributed by atoms with Gasteiger partial charge in [-0.25, -0.2) is 0 Å². The summed E-state index contributed by atoms with van der Waals surface area (Å²) >= 11 is 0. The van der Waals surface area contributed by atoms with Crippen molar-refractivity contribution in [1.29, 1.82) is 0 Å². The third-order valence-corrected chi connectivity index (χ3v) is 12.0. The van der Waals surface area contributed by atoms with Crippen molar-refractivity contribution in [2.24, 2.45) is 0 Å². The largest absolute Gasteiger partial charge is 0.309 e. The number of fused-ring (bicyclic) bond motifs is 14. The Balaban J connectivity index is 1.07. The highest BCUT2D eigenvalue weighted by Gasteiger charge is 2.27. The molecule has 2 nitrogen and oxygen atoms in total. The molecule has 13 rings (SSSR count). The summed E-state index contributed by atoms with van der Waals surface area (Å²) in [5, 5.41) is 10.6. The molecule has 0 saturated heterocycles. The molecule has 0 aliphatic heterocycles. The number of nitrogens with zero attached hydrogens (tertiary/aromatic N) is 2. The van der Waals surface area contributed by atoms with Crippen LogP contribution in [0, 0.1) is 0 Å². The zero-order valence-electron chi connectivity index (χ0n) is 28.1. The van der Waals surface area contributed by atoms with Gasteiger partial charge in [-0.3, -0.25) is 0 Å². The fourth-order valence-electron chi connectivity index (χ4n) is 9.96. The maximum Gasteiger partial charge on any atom is 0.0553 e. The first-order valence-electron chi connectivity index (χ1n) is 18.1. The zero-order valence-corrected chi connectivity index (χ0v) is 28.1. The quantitative estimate of drug-likeness (QED) is 0.175. The minimum absolute atomic E-state index is 1.16. The standard InChI is InChI=1S/C50H28N2/c1-3-13-33-31(11-1)35-17-9-19-39-47(35)41(33)27-45-49(39)37-15-5-7-21-43(37)51(45)29-23-25-30(26-24-29)52-44-22-8-6-16-38(44)50-40-20-10-18-36-32-12-2-4-14-34(32)42(48(36)40)28-46(50)52/h1-28H. The Hall–Kier alpha value is -6.90. The van der Waals surface area contributed by atoms with E-state index in [-0.39, 0.29) is 0 Å². The van der Waals surface area contributed by atoms with E-state index in [0.29, 0.717) is 0 Å². The first-order chi connectivity index (χ1) is 25.8. The van der Waals surface area contributed by atoms with Crippen LogP contribution in [0.25, 0.3) is 121 Å². The highest BCUT2D eigenvalue weighted by molar-refractivity contribution is 6.30. The van der Waals surface area contributed by atoms with Crippen LogP contribution in [0.3, 0.4) is 0 Å². The number of benzene rings is 9. The van der Waals surface area contributed by atoms with Crippen molar-refractivity contribution in [3.63, 3.8) is 0 Å². The van der Waals surface area contributed by atoms with Gasteiger partial charge < -0.3 is 9.13 Å². The lowest BCUT2D eigenvalue weighted by Gasteiger charge is -2.13. The molecule has 0 saturated carbocycles. The van der Waals surface area contributed by atoms with Crippen LogP contribution in [0.4, 0.5) is 0 Å². The van der Waals surface area contributed by atoms with E-state index in [9.17, 15) is 0 Å². The van der Waals surface area contributed by atoms with Crippen molar-refractivity contribution in [3.8, 4) is 55.9 Å². The third-order valence-electron chi connectivity index (χ3n) is 12.0. The third kappa shape index (κ3) is 3.18. The second kappa shape index (κ2) is 9.45. The highest BCUT2D eigenvalue weighted by Crippen LogP contribution is 2.52. The van der Waals surface area contributed by atoms with Gasteiger partial charge in [0.2, 0.25) is 0 Å². The van der Waals surface area contributed by atoms with E-state index in [1.807, 2.05) is 0 Å². The summed E-state index contributed by atoms with van der Waals surface area (Å²) in [6.07, 6.45) is 0. The van der Waals surface area contributed by atoms with Gasteiger partial charge in [0.15, 0.2) is 0 Å². The summed E-state index contributed by atoms with van der Waals surface area (Å²) in [5.41, 5.74) is 17.9. The van der Waals surface area contributed by atoms with E-state index in [1.165, 1.54) is 110 Å². The van der Waals surface area contributed by atoms with Gasteiger partial charge in [-0.15, -0.1) is 0 Å². The van der Waals surface area contributed by atoms with Crippen molar-refractivity contribution in [2.45, 2.75) is 0 Å². The van der Waals surface area contributed by atoms with Gasteiger partial charge in [0.25, 0.3) is 0 Å². The van der Waals surface area contributed by atoms with Crippen molar-refractivity contribution in [2.75, 3.05) is 0 Å². The molecule has 0 spiro atoms. The SMILES string of the molecule is c1ccc2c(c1)-c1cccc3c1c-2cc1c3c2ccccc2n1-c1ccc(-n2c3ccccc3c3c4cccc5c4c(cc32)-c2ccccc2-5)cc1. The van der Waals surface area contributed by atoms with E-state index in [0.717, 1.165) is 11.4 Å². The lowest BCUT2D eigenvalue weighted by molar-refractivity contribution is 1.15. The summed E-state index contributed by atoms with van der Waals surface area (Å²) in [5.74, 6) is 0. The number of hydrogen-bond donors (Lipinski definition) is 0. The van der Waals surface area contributed by atoms with Gasteiger partial charge in [0, 0.05) is 32.9 Å². The van der Waals surface area contributed by atoms with Crippen LogP contribution in [0.2, 0.25) is 0 Å². The molecule has 0 fully saturated rings. The number of hydrogen-bond acceptors (Lipinski definition) is 0. The predicted molar refractivity (Wildman–Crippen MR) is 219 cm³/mol. The van der Waals surface area contributed by atoms with Crippen molar-refractivity contribution in [1.82, 2.24) is 9.13 Å². The predicted octanol–water partition coefficient (Wildman–Crippen LogP) is 13.5. The van der Waals surface area contributed by atoms with E-state index in [2.05, 4.69) is 179 Å². The maximum atomic E-state index is 2.47. The lowest BCUT2D eigenvalue weighted by Crippen LogP contribution is -1.97. The molecule has 52 heavy (non-hydrogen) atoms.